The highest BCUT2D eigenvalue weighted by molar-refractivity contribution is 5.33. The van der Waals surface area contributed by atoms with Gasteiger partial charge in [0.2, 0.25) is 0 Å². The predicted octanol–water partition coefficient (Wildman–Crippen LogP) is 2.59. The second-order valence-corrected chi connectivity index (χ2v) is 4.84. The third-order valence-electron chi connectivity index (χ3n) is 3.59. The van der Waals surface area contributed by atoms with Crippen LogP contribution in [0.4, 0.5) is 0 Å². The van der Waals surface area contributed by atoms with Crippen LogP contribution in [0.3, 0.4) is 0 Å². The first-order valence-corrected chi connectivity index (χ1v) is 6.75. The maximum absolute atomic E-state index is 5.84. The molecule has 0 saturated heterocycles. The van der Waals surface area contributed by atoms with Gasteiger partial charge in [-0.1, -0.05) is 23.4 Å². The molecule has 1 aromatic carbocycles. The van der Waals surface area contributed by atoms with Gasteiger partial charge >= 0.3 is 0 Å². The fourth-order valence-electron chi connectivity index (χ4n) is 2.52. The zero-order valence-corrected chi connectivity index (χ0v) is 10.9. The van der Waals surface area contributed by atoms with Crippen LogP contribution in [-0.4, -0.2) is 5.16 Å². The first kappa shape index (κ1) is 12.2. The summed E-state index contributed by atoms with van der Waals surface area (Å²) >= 11 is 0. The van der Waals surface area contributed by atoms with E-state index in [2.05, 4.69) is 5.16 Å². The zero-order valence-electron chi connectivity index (χ0n) is 10.9. The van der Waals surface area contributed by atoms with E-state index in [9.17, 15) is 0 Å². The average molecular weight is 258 g/mol. The number of benzene rings is 1. The summed E-state index contributed by atoms with van der Waals surface area (Å²) in [6.07, 6.45) is 4.46. The molecule has 19 heavy (non-hydrogen) atoms. The molecule has 0 fully saturated rings. The molecule has 0 aliphatic heterocycles. The normalized spacial score (nSPS) is 14.2. The molecule has 0 amide bonds. The molecule has 0 saturated carbocycles. The van der Waals surface area contributed by atoms with Crippen molar-refractivity contribution in [1.29, 1.82) is 0 Å². The predicted molar refractivity (Wildman–Crippen MR) is 71.8 cm³/mol. The quantitative estimate of drug-likeness (QED) is 0.915. The Labute approximate surface area is 112 Å². The fraction of sp³-hybridized carbons (Fsp3) is 0.400. The monoisotopic (exact) mass is 258 g/mol. The Kier molecular flexibility index (Phi) is 3.51. The lowest BCUT2D eigenvalue weighted by molar-refractivity contribution is 0.284. The Morgan fingerprint density at radius 3 is 2.95 bits per heavy atom. The number of ether oxygens (including phenoxy) is 1. The number of aromatic nitrogens is 1. The third-order valence-corrected chi connectivity index (χ3v) is 3.59. The lowest BCUT2D eigenvalue weighted by Crippen LogP contribution is -2.06. The second kappa shape index (κ2) is 5.45. The van der Waals surface area contributed by atoms with E-state index in [4.69, 9.17) is 15.0 Å². The molecule has 4 heteroatoms. The Hall–Kier alpha value is -1.81. The minimum Gasteiger partial charge on any atom is -0.487 e. The zero-order chi connectivity index (χ0) is 13.1. The molecule has 0 radical (unpaired) electrons. The Morgan fingerprint density at radius 2 is 2.05 bits per heavy atom. The lowest BCUT2D eigenvalue weighted by atomic mass is 9.97. The number of hydrogen-bond acceptors (Lipinski definition) is 4. The van der Waals surface area contributed by atoms with Crippen LogP contribution in [-0.2, 0) is 26.0 Å². The summed E-state index contributed by atoms with van der Waals surface area (Å²) < 4.78 is 11.2. The van der Waals surface area contributed by atoms with Gasteiger partial charge < -0.3 is 15.0 Å². The molecule has 0 spiro atoms. The number of rotatable bonds is 4. The van der Waals surface area contributed by atoms with Crippen LogP contribution in [0.15, 0.2) is 28.8 Å². The fourth-order valence-corrected chi connectivity index (χ4v) is 2.52. The van der Waals surface area contributed by atoms with E-state index < -0.39 is 0 Å². The number of nitrogens with two attached hydrogens (primary N) is 1. The van der Waals surface area contributed by atoms with Crippen molar-refractivity contribution >= 4 is 0 Å². The van der Waals surface area contributed by atoms with E-state index in [1.165, 1.54) is 18.4 Å². The van der Waals surface area contributed by atoms with Crippen LogP contribution >= 0.6 is 0 Å². The average Bonchev–Trinajstić information content (AvgIpc) is 2.89. The first-order valence-electron chi connectivity index (χ1n) is 6.75. The number of nitrogens with zero attached hydrogens (tertiary/aromatic N) is 1. The summed E-state index contributed by atoms with van der Waals surface area (Å²) in [5, 5.41) is 4.14. The van der Waals surface area contributed by atoms with Gasteiger partial charge in [0.05, 0.1) is 0 Å². The van der Waals surface area contributed by atoms with Gasteiger partial charge in [0, 0.05) is 24.1 Å². The van der Waals surface area contributed by atoms with Crippen LogP contribution in [0.25, 0.3) is 0 Å². The molecular formula is C15H18N2O2. The molecule has 1 aromatic heterocycles. The lowest BCUT2D eigenvalue weighted by Gasteiger charge is -2.11. The standard InChI is InChI=1S/C15H18N2O2/c16-9-11-5-1-3-7-14(11)18-10-13-12-6-2-4-8-15(12)19-17-13/h1,3,5,7H,2,4,6,8-10,16H2. The smallest absolute Gasteiger partial charge is 0.140 e. The van der Waals surface area contributed by atoms with Crippen molar-refractivity contribution in [3.05, 3.63) is 46.8 Å². The molecule has 0 unspecified atom stereocenters. The van der Waals surface area contributed by atoms with Crippen LogP contribution in [0.5, 0.6) is 5.75 Å². The van der Waals surface area contributed by atoms with Gasteiger partial charge in [0.1, 0.15) is 23.8 Å². The summed E-state index contributed by atoms with van der Waals surface area (Å²) in [7, 11) is 0. The summed E-state index contributed by atoms with van der Waals surface area (Å²) in [5.74, 6) is 1.87. The molecular weight excluding hydrogens is 240 g/mol. The maximum Gasteiger partial charge on any atom is 0.140 e. The molecule has 3 rings (SSSR count). The molecule has 4 nitrogen and oxygen atoms in total. The molecule has 1 aliphatic rings. The highest BCUT2D eigenvalue weighted by Gasteiger charge is 2.19. The summed E-state index contributed by atoms with van der Waals surface area (Å²) in [6.45, 7) is 0.933. The summed E-state index contributed by atoms with van der Waals surface area (Å²) in [6, 6.07) is 7.84. The third kappa shape index (κ3) is 2.49. The van der Waals surface area contributed by atoms with Crippen molar-refractivity contribution in [2.45, 2.75) is 38.8 Å². The first-order chi connectivity index (χ1) is 9.38. The van der Waals surface area contributed by atoms with Gasteiger partial charge in [0.25, 0.3) is 0 Å². The molecule has 0 bridgehead atoms. The van der Waals surface area contributed by atoms with E-state index >= 15 is 0 Å². The molecule has 1 aliphatic carbocycles. The van der Waals surface area contributed by atoms with Crippen molar-refractivity contribution in [2.24, 2.45) is 5.73 Å². The highest BCUT2D eigenvalue weighted by Crippen LogP contribution is 2.26. The van der Waals surface area contributed by atoms with Gasteiger partial charge in [-0.05, 0) is 25.3 Å². The van der Waals surface area contributed by atoms with Crippen molar-refractivity contribution in [2.75, 3.05) is 0 Å². The summed E-state index contributed by atoms with van der Waals surface area (Å²) in [4.78, 5) is 0. The van der Waals surface area contributed by atoms with Gasteiger partial charge in [0.15, 0.2) is 0 Å². The number of hydrogen-bond donors (Lipinski definition) is 1. The molecule has 0 atom stereocenters. The van der Waals surface area contributed by atoms with Crippen molar-refractivity contribution in [1.82, 2.24) is 5.16 Å². The second-order valence-electron chi connectivity index (χ2n) is 4.84. The van der Waals surface area contributed by atoms with Crippen molar-refractivity contribution in [3.8, 4) is 5.75 Å². The van der Waals surface area contributed by atoms with Crippen molar-refractivity contribution in [3.63, 3.8) is 0 Å². The SMILES string of the molecule is NCc1ccccc1OCc1noc2c1CCCC2. The van der Waals surface area contributed by atoms with E-state index in [-0.39, 0.29) is 0 Å². The van der Waals surface area contributed by atoms with E-state index in [0.717, 1.165) is 35.6 Å². The Morgan fingerprint density at radius 1 is 1.21 bits per heavy atom. The number of fused-ring (bicyclic) bond motifs is 1. The topological polar surface area (TPSA) is 61.3 Å². The van der Waals surface area contributed by atoms with Gasteiger partial charge in [-0.2, -0.15) is 0 Å². The number of para-hydroxylation sites is 1. The molecule has 1 heterocycles. The van der Waals surface area contributed by atoms with Gasteiger partial charge in [-0.15, -0.1) is 0 Å². The van der Waals surface area contributed by atoms with E-state index in [0.29, 0.717) is 13.2 Å². The van der Waals surface area contributed by atoms with E-state index in [1.54, 1.807) is 0 Å². The van der Waals surface area contributed by atoms with Crippen LogP contribution < -0.4 is 10.5 Å². The maximum atomic E-state index is 5.84. The van der Waals surface area contributed by atoms with E-state index in [1.807, 2.05) is 24.3 Å². The van der Waals surface area contributed by atoms with Crippen LogP contribution in [0.1, 0.15) is 35.4 Å². The number of aryl methyl sites for hydroxylation is 1. The van der Waals surface area contributed by atoms with Crippen LogP contribution in [0, 0.1) is 0 Å². The highest BCUT2D eigenvalue weighted by atomic mass is 16.5. The van der Waals surface area contributed by atoms with Gasteiger partial charge in [-0.25, -0.2) is 0 Å². The van der Waals surface area contributed by atoms with Crippen LogP contribution in [0.2, 0.25) is 0 Å². The summed E-state index contributed by atoms with van der Waals surface area (Å²) in [5.41, 5.74) is 8.89. The van der Waals surface area contributed by atoms with Gasteiger partial charge in [-0.3, -0.25) is 0 Å². The minimum atomic E-state index is 0.454. The molecule has 2 aromatic rings. The largest absolute Gasteiger partial charge is 0.487 e. The minimum absolute atomic E-state index is 0.454. The Balaban J connectivity index is 1.74. The van der Waals surface area contributed by atoms with Crippen molar-refractivity contribution < 1.29 is 9.26 Å². The molecule has 2 N–H and O–H groups in total. The molecule has 100 valence electrons. The Bertz CT molecular complexity index is 563.